The Hall–Kier alpha value is -2.60. The van der Waals surface area contributed by atoms with Gasteiger partial charge in [-0.2, -0.15) is 4.98 Å². The van der Waals surface area contributed by atoms with Gasteiger partial charge in [0.05, 0.1) is 20.3 Å². The predicted octanol–water partition coefficient (Wildman–Crippen LogP) is 1.94. The fourth-order valence-corrected chi connectivity index (χ4v) is 3.19. The Morgan fingerprint density at radius 3 is 2.79 bits per heavy atom. The Balaban J connectivity index is 1.98. The highest BCUT2D eigenvalue weighted by atomic mass is 16.5. The van der Waals surface area contributed by atoms with Crippen LogP contribution in [0.3, 0.4) is 0 Å². The van der Waals surface area contributed by atoms with Crippen molar-refractivity contribution in [3.8, 4) is 5.88 Å². The number of hydrogen-bond acceptors (Lipinski definition) is 6. The number of carbonyl (C=O) groups excluding carboxylic acids is 1. The lowest BCUT2D eigenvalue weighted by Gasteiger charge is -2.37. The number of nitrogens with two attached hydrogens (primary N) is 1. The van der Waals surface area contributed by atoms with E-state index in [2.05, 4.69) is 28.1 Å². The molecule has 0 amide bonds. The van der Waals surface area contributed by atoms with Gasteiger partial charge < -0.3 is 20.1 Å². The lowest BCUT2D eigenvalue weighted by molar-refractivity contribution is 0.0596. The molecular formula is C18H21N3O3. The summed E-state index contributed by atoms with van der Waals surface area (Å²) in [4.78, 5) is 18.5. The molecule has 1 aromatic heterocycles. The number of hydrogen-bond donors (Lipinski definition) is 1. The third kappa shape index (κ3) is 2.80. The minimum absolute atomic E-state index is 0.0520. The van der Waals surface area contributed by atoms with E-state index in [1.807, 2.05) is 12.1 Å². The monoisotopic (exact) mass is 327 g/mol. The van der Waals surface area contributed by atoms with Gasteiger partial charge in [0, 0.05) is 13.1 Å². The number of nitrogens with zero attached hydrogens (tertiary/aromatic N) is 2. The molecule has 1 aromatic carbocycles. The third-order valence-corrected chi connectivity index (χ3v) is 4.37. The van der Waals surface area contributed by atoms with E-state index in [0.29, 0.717) is 12.1 Å². The first kappa shape index (κ1) is 16.3. The van der Waals surface area contributed by atoms with Crippen LogP contribution in [0.4, 0.5) is 5.82 Å². The number of carbonyl (C=O) groups is 1. The molecule has 1 unspecified atom stereocenters. The molecule has 6 heteroatoms. The number of pyridine rings is 1. The van der Waals surface area contributed by atoms with E-state index in [9.17, 15) is 4.79 Å². The second kappa shape index (κ2) is 6.88. The van der Waals surface area contributed by atoms with Gasteiger partial charge in [-0.25, -0.2) is 4.79 Å². The standard InChI is InChI=1S/C18H21N3O3/c1-23-17-14(18(22)24-2)7-8-16(20-17)21-10-9-12-5-3-4-6-13(12)15(21)11-19/h3-8,15H,9-11,19H2,1-2H3. The van der Waals surface area contributed by atoms with Crippen LogP contribution in [0.5, 0.6) is 5.88 Å². The molecule has 0 spiro atoms. The molecule has 1 aliphatic heterocycles. The summed E-state index contributed by atoms with van der Waals surface area (Å²) in [5.41, 5.74) is 8.90. The lowest BCUT2D eigenvalue weighted by atomic mass is 9.92. The molecule has 0 bridgehead atoms. The van der Waals surface area contributed by atoms with Crippen LogP contribution < -0.4 is 15.4 Å². The summed E-state index contributed by atoms with van der Waals surface area (Å²) in [6.45, 7) is 1.30. The largest absolute Gasteiger partial charge is 0.480 e. The van der Waals surface area contributed by atoms with Gasteiger partial charge in [0.15, 0.2) is 0 Å². The summed E-state index contributed by atoms with van der Waals surface area (Å²) in [6.07, 6.45) is 0.926. The molecule has 0 fully saturated rings. The van der Waals surface area contributed by atoms with Crippen LogP contribution in [0.2, 0.25) is 0 Å². The smallest absolute Gasteiger partial charge is 0.343 e. The van der Waals surface area contributed by atoms with Crippen molar-refractivity contribution in [2.75, 3.05) is 32.2 Å². The van der Waals surface area contributed by atoms with Crippen LogP contribution in [-0.2, 0) is 11.2 Å². The fourth-order valence-electron chi connectivity index (χ4n) is 3.19. The number of esters is 1. The Morgan fingerprint density at radius 1 is 1.29 bits per heavy atom. The zero-order valence-electron chi connectivity index (χ0n) is 13.9. The van der Waals surface area contributed by atoms with E-state index < -0.39 is 5.97 Å². The summed E-state index contributed by atoms with van der Waals surface area (Å²) in [5.74, 6) is 0.531. The van der Waals surface area contributed by atoms with Crippen molar-refractivity contribution in [2.45, 2.75) is 12.5 Å². The fraction of sp³-hybridized carbons (Fsp3) is 0.333. The summed E-state index contributed by atoms with van der Waals surface area (Å²) in [5, 5.41) is 0. The van der Waals surface area contributed by atoms with Crippen LogP contribution in [0.25, 0.3) is 0 Å². The molecule has 126 valence electrons. The maximum absolute atomic E-state index is 11.8. The predicted molar refractivity (Wildman–Crippen MR) is 91.4 cm³/mol. The minimum atomic E-state index is -0.467. The highest BCUT2D eigenvalue weighted by Gasteiger charge is 2.28. The third-order valence-electron chi connectivity index (χ3n) is 4.37. The van der Waals surface area contributed by atoms with Crippen molar-refractivity contribution in [1.82, 2.24) is 4.98 Å². The van der Waals surface area contributed by atoms with Gasteiger partial charge in [-0.3, -0.25) is 0 Å². The van der Waals surface area contributed by atoms with Crippen LogP contribution >= 0.6 is 0 Å². The molecule has 3 rings (SSSR count). The number of rotatable bonds is 4. The average molecular weight is 327 g/mol. The van der Waals surface area contributed by atoms with Crippen molar-refractivity contribution >= 4 is 11.8 Å². The summed E-state index contributed by atoms with van der Waals surface area (Å²) < 4.78 is 10.0. The van der Waals surface area contributed by atoms with E-state index in [-0.39, 0.29) is 11.9 Å². The first-order chi connectivity index (χ1) is 11.7. The van der Waals surface area contributed by atoms with Gasteiger partial charge in [-0.1, -0.05) is 24.3 Å². The number of methoxy groups -OCH3 is 2. The van der Waals surface area contributed by atoms with Gasteiger partial charge in [0.2, 0.25) is 5.88 Å². The van der Waals surface area contributed by atoms with E-state index in [1.165, 1.54) is 25.3 Å². The molecule has 1 aliphatic rings. The Bertz CT molecular complexity index is 748. The summed E-state index contributed by atoms with van der Waals surface area (Å²) in [7, 11) is 2.83. The zero-order chi connectivity index (χ0) is 17.1. The van der Waals surface area contributed by atoms with Crippen molar-refractivity contribution in [2.24, 2.45) is 5.73 Å². The summed E-state index contributed by atoms with van der Waals surface area (Å²) >= 11 is 0. The first-order valence-corrected chi connectivity index (χ1v) is 7.87. The second-order valence-corrected chi connectivity index (χ2v) is 5.61. The van der Waals surface area contributed by atoms with Gasteiger partial charge in [-0.05, 0) is 29.7 Å². The molecule has 24 heavy (non-hydrogen) atoms. The topological polar surface area (TPSA) is 77.7 Å². The van der Waals surface area contributed by atoms with Crippen LogP contribution in [0.15, 0.2) is 36.4 Å². The molecule has 0 radical (unpaired) electrons. The molecule has 1 atom stereocenters. The van der Waals surface area contributed by atoms with E-state index in [4.69, 9.17) is 15.2 Å². The zero-order valence-corrected chi connectivity index (χ0v) is 13.9. The molecule has 0 aliphatic carbocycles. The van der Waals surface area contributed by atoms with Gasteiger partial charge in [0.1, 0.15) is 11.4 Å². The quantitative estimate of drug-likeness (QED) is 0.865. The molecule has 2 heterocycles. The number of aromatic nitrogens is 1. The minimum Gasteiger partial charge on any atom is -0.480 e. The van der Waals surface area contributed by atoms with E-state index in [0.717, 1.165) is 18.8 Å². The Labute approximate surface area is 141 Å². The second-order valence-electron chi connectivity index (χ2n) is 5.61. The normalized spacial score (nSPS) is 16.5. The van der Waals surface area contributed by atoms with Gasteiger partial charge in [-0.15, -0.1) is 0 Å². The molecule has 2 N–H and O–H groups in total. The maximum atomic E-state index is 11.8. The average Bonchev–Trinajstić information content (AvgIpc) is 2.65. The number of fused-ring (bicyclic) bond motifs is 1. The summed E-state index contributed by atoms with van der Waals surface area (Å²) in [6, 6.07) is 11.9. The van der Waals surface area contributed by atoms with Crippen LogP contribution in [-0.4, -0.2) is 38.3 Å². The van der Waals surface area contributed by atoms with Gasteiger partial charge in [0.25, 0.3) is 0 Å². The highest BCUT2D eigenvalue weighted by Crippen LogP contribution is 2.33. The maximum Gasteiger partial charge on any atom is 0.343 e. The first-order valence-electron chi connectivity index (χ1n) is 7.87. The van der Waals surface area contributed by atoms with Crippen molar-refractivity contribution in [1.29, 1.82) is 0 Å². The molecule has 0 saturated carbocycles. The van der Waals surface area contributed by atoms with Crippen molar-refractivity contribution in [3.63, 3.8) is 0 Å². The van der Waals surface area contributed by atoms with Crippen molar-refractivity contribution < 1.29 is 14.3 Å². The molecular weight excluding hydrogens is 306 g/mol. The van der Waals surface area contributed by atoms with Crippen LogP contribution in [0, 0.1) is 0 Å². The Kier molecular flexibility index (Phi) is 4.66. The SMILES string of the molecule is COC(=O)c1ccc(N2CCc3ccccc3C2CN)nc1OC. The van der Waals surface area contributed by atoms with Gasteiger partial charge >= 0.3 is 5.97 Å². The highest BCUT2D eigenvalue weighted by molar-refractivity contribution is 5.92. The van der Waals surface area contributed by atoms with E-state index >= 15 is 0 Å². The van der Waals surface area contributed by atoms with Crippen molar-refractivity contribution in [3.05, 3.63) is 53.1 Å². The Morgan fingerprint density at radius 2 is 2.08 bits per heavy atom. The molecule has 6 nitrogen and oxygen atoms in total. The number of ether oxygens (including phenoxy) is 2. The molecule has 2 aromatic rings. The number of benzene rings is 1. The molecule has 0 saturated heterocycles. The van der Waals surface area contributed by atoms with Crippen LogP contribution in [0.1, 0.15) is 27.5 Å². The lowest BCUT2D eigenvalue weighted by Crippen LogP contribution is -2.40. The number of anilines is 1. The van der Waals surface area contributed by atoms with E-state index in [1.54, 1.807) is 6.07 Å².